The molecule has 1 aromatic rings. The van der Waals surface area contributed by atoms with E-state index in [-0.39, 0.29) is 18.2 Å². The van der Waals surface area contributed by atoms with E-state index in [0.717, 1.165) is 44.2 Å². The molecule has 1 aromatic carbocycles. The molecule has 2 nitrogen and oxygen atoms in total. The Hall–Kier alpha value is -0.640. The van der Waals surface area contributed by atoms with Crippen LogP contribution in [-0.4, -0.2) is 31.1 Å². The molecule has 0 aromatic heterocycles. The fourth-order valence-electron chi connectivity index (χ4n) is 2.59. The van der Waals surface area contributed by atoms with Gasteiger partial charge in [0.25, 0.3) is 0 Å². The standard InChI is InChI=1S/C15H23FN2.ClH/c1-2-17-11-13-6-8-18(9-7-13)12-14-4-3-5-15(16)10-14;/h3-5,10,13,17H,2,6-9,11-12H2,1H3;1H. The van der Waals surface area contributed by atoms with Crippen LogP contribution in [0.3, 0.4) is 0 Å². The van der Waals surface area contributed by atoms with Gasteiger partial charge in [0, 0.05) is 6.54 Å². The maximum Gasteiger partial charge on any atom is 0.123 e. The molecule has 0 radical (unpaired) electrons. The van der Waals surface area contributed by atoms with Crippen molar-refractivity contribution in [3.63, 3.8) is 0 Å². The van der Waals surface area contributed by atoms with Gasteiger partial charge in [0.1, 0.15) is 5.82 Å². The first-order valence-corrected chi connectivity index (χ1v) is 6.95. The minimum absolute atomic E-state index is 0. The van der Waals surface area contributed by atoms with Gasteiger partial charge in [0.15, 0.2) is 0 Å². The summed E-state index contributed by atoms with van der Waals surface area (Å²) < 4.78 is 13.1. The topological polar surface area (TPSA) is 15.3 Å². The fourth-order valence-corrected chi connectivity index (χ4v) is 2.59. The molecule has 0 aliphatic carbocycles. The molecule has 0 spiro atoms. The van der Waals surface area contributed by atoms with Crippen LogP contribution in [-0.2, 0) is 6.54 Å². The lowest BCUT2D eigenvalue weighted by Crippen LogP contribution is -2.36. The van der Waals surface area contributed by atoms with Gasteiger partial charge in [-0.05, 0) is 62.6 Å². The van der Waals surface area contributed by atoms with E-state index in [1.165, 1.54) is 18.9 Å². The molecule has 0 saturated carbocycles. The van der Waals surface area contributed by atoms with E-state index in [1.54, 1.807) is 12.1 Å². The highest BCUT2D eigenvalue weighted by molar-refractivity contribution is 5.85. The first kappa shape index (κ1) is 16.4. The van der Waals surface area contributed by atoms with Crippen molar-refractivity contribution in [3.05, 3.63) is 35.6 Å². The third-order valence-electron chi connectivity index (χ3n) is 3.69. The maximum atomic E-state index is 13.1. The Morgan fingerprint density at radius 2 is 2.05 bits per heavy atom. The van der Waals surface area contributed by atoms with Crippen LogP contribution in [0.2, 0.25) is 0 Å². The van der Waals surface area contributed by atoms with Crippen LogP contribution in [0.5, 0.6) is 0 Å². The number of rotatable bonds is 5. The summed E-state index contributed by atoms with van der Waals surface area (Å²) in [4.78, 5) is 2.43. The number of halogens is 2. The van der Waals surface area contributed by atoms with Gasteiger partial charge < -0.3 is 5.32 Å². The number of benzene rings is 1. The Morgan fingerprint density at radius 1 is 1.32 bits per heavy atom. The highest BCUT2D eigenvalue weighted by Crippen LogP contribution is 2.18. The van der Waals surface area contributed by atoms with E-state index in [0.29, 0.717) is 0 Å². The van der Waals surface area contributed by atoms with Crippen molar-refractivity contribution < 1.29 is 4.39 Å². The number of hydrogen-bond donors (Lipinski definition) is 1. The van der Waals surface area contributed by atoms with Crippen molar-refractivity contribution in [2.75, 3.05) is 26.2 Å². The molecule has 1 saturated heterocycles. The smallest absolute Gasteiger partial charge is 0.123 e. The molecule has 108 valence electrons. The first-order valence-electron chi connectivity index (χ1n) is 6.95. The molecule has 1 fully saturated rings. The van der Waals surface area contributed by atoms with Gasteiger partial charge in [-0.1, -0.05) is 19.1 Å². The average Bonchev–Trinajstić information content (AvgIpc) is 2.38. The summed E-state index contributed by atoms with van der Waals surface area (Å²) in [7, 11) is 0. The number of likely N-dealkylation sites (tertiary alicyclic amines) is 1. The van der Waals surface area contributed by atoms with E-state index in [1.807, 2.05) is 6.07 Å². The molecule has 19 heavy (non-hydrogen) atoms. The Labute approximate surface area is 121 Å². The lowest BCUT2D eigenvalue weighted by molar-refractivity contribution is 0.175. The third-order valence-corrected chi connectivity index (χ3v) is 3.69. The second-order valence-electron chi connectivity index (χ2n) is 5.16. The molecule has 1 aliphatic heterocycles. The van der Waals surface area contributed by atoms with Crippen molar-refractivity contribution in [1.82, 2.24) is 10.2 Å². The molecule has 0 amide bonds. The van der Waals surface area contributed by atoms with Crippen molar-refractivity contribution in [2.24, 2.45) is 5.92 Å². The Bertz CT molecular complexity index is 365. The van der Waals surface area contributed by atoms with Gasteiger partial charge in [-0.2, -0.15) is 0 Å². The zero-order chi connectivity index (χ0) is 12.8. The Morgan fingerprint density at radius 3 is 2.68 bits per heavy atom. The van der Waals surface area contributed by atoms with Crippen LogP contribution < -0.4 is 5.32 Å². The third kappa shape index (κ3) is 5.47. The lowest BCUT2D eigenvalue weighted by atomic mass is 9.96. The van der Waals surface area contributed by atoms with Crippen LogP contribution >= 0.6 is 12.4 Å². The van der Waals surface area contributed by atoms with Crippen molar-refractivity contribution in [1.29, 1.82) is 0 Å². The quantitative estimate of drug-likeness (QED) is 0.895. The molecule has 1 aliphatic rings. The zero-order valence-corrected chi connectivity index (χ0v) is 12.4. The largest absolute Gasteiger partial charge is 0.317 e. The summed E-state index contributed by atoms with van der Waals surface area (Å²) in [6, 6.07) is 6.95. The van der Waals surface area contributed by atoms with Crippen LogP contribution in [0, 0.1) is 11.7 Å². The van der Waals surface area contributed by atoms with E-state index in [9.17, 15) is 4.39 Å². The van der Waals surface area contributed by atoms with Gasteiger partial charge in [-0.25, -0.2) is 4.39 Å². The van der Waals surface area contributed by atoms with Gasteiger partial charge in [0.05, 0.1) is 0 Å². The highest BCUT2D eigenvalue weighted by atomic mass is 35.5. The molecule has 1 N–H and O–H groups in total. The second-order valence-corrected chi connectivity index (χ2v) is 5.16. The maximum absolute atomic E-state index is 13.1. The molecule has 0 unspecified atom stereocenters. The minimum atomic E-state index is -0.130. The van der Waals surface area contributed by atoms with Gasteiger partial charge in [-0.15, -0.1) is 12.4 Å². The number of piperidine rings is 1. The molecule has 0 bridgehead atoms. The fraction of sp³-hybridized carbons (Fsp3) is 0.600. The highest BCUT2D eigenvalue weighted by Gasteiger charge is 2.18. The number of hydrogen-bond acceptors (Lipinski definition) is 2. The summed E-state index contributed by atoms with van der Waals surface area (Å²) in [5.41, 5.74) is 1.08. The Balaban J connectivity index is 0.00000180. The molecule has 1 heterocycles. The van der Waals surface area contributed by atoms with Gasteiger partial charge in [-0.3, -0.25) is 4.90 Å². The summed E-state index contributed by atoms with van der Waals surface area (Å²) >= 11 is 0. The monoisotopic (exact) mass is 286 g/mol. The molecular weight excluding hydrogens is 263 g/mol. The van der Waals surface area contributed by atoms with Crippen LogP contribution in [0.25, 0.3) is 0 Å². The van der Waals surface area contributed by atoms with Crippen LogP contribution in [0.4, 0.5) is 4.39 Å². The van der Waals surface area contributed by atoms with Crippen molar-refractivity contribution in [2.45, 2.75) is 26.3 Å². The van der Waals surface area contributed by atoms with Gasteiger partial charge in [0.2, 0.25) is 0 Å². The lowest BCUT2D eigenvalue weighted by Gasteiger charge is -2.32. The summed E-state index contributed by atoms with van der Waals surface area (Å²) in [6.07, 6.45) is 2.50. The number of nitrogens with one attached hydrogen (secondary N) is 1. The average molecular weight is 287 g/mol. The normalized spacial score (nSPS) is 17.2. The first-order chi connectivity index (χ1) is 8.78. The van der Waals surface area contributed by atoms with Crippen LogP contribution in [0.1, 0.15) is 25.3 Å². The summed E-state index contributed by atoms with van der Waals surface area (Å²) in [6.45, 7) is 7.50. The Kier molecular flexibility index (Phi) is 7.36. The molecule has 4 heteroatoms. The molecule has 0 atom stereocenters. The number of nitrogens with zero attached hydrogens (tertiary/aromatic N) is 1. The van der Waals surface area contributed by atoms with Crippen molar-refractivity contribution in [3.8, 4) is 0 Å². The SMILES string of the molecule is CCNCC1CCN(Cc2cccc(F)c2)CC1.Cl. The van der Waals surface area contributed by atoms with Crippen LogP contribution in [0.15, 0.2) is 24.3 Å². The van der Waals surface area contributed by atoms with E-state index < -0.39 is 0 Å². The predicted molar refractivity (Wildman–Crippen MR) is 80.2 cm³/mol. The minimum Gasteiger partial charge on any atom is -0.317 e. The molecular formula is C15H24ClFN2. The zero-order valence-electron chi connectivity index (χ0n) is 11.6. The summed E-state index contributed by atoms with van der Waals surface area (Å²) in [5.74, 6) is 0.684. The predicted octanol–water partition coefficient (Wildman–Crippen LogP) is 3.07. The van der Waals surface area contributed by atoms with Crippen molar-refractivity contribution >= 4 is 12.4 Å². The molecule has 2 rings (SSSR count). The van der Waals surface area contributed by atoms with E-state index in [4.69, 9.17) is 0 Å². The second kappa shape index (κ2) is 8.51. The summed E-state index contributed by atoms with van der Waals surface area (Å²) in [5, 5.41) is 3.42. The van der Waals surface area contributed by atoms with Gasteiger partial charge >= 0.3 is 0 Å². The van der Waals surface area contributed by atoms with E-state index in [2.05, 4.69) is 17.1 Å². The van der Waals surface area contributed by atoms with E-state index >= 15 is 0 Å².